The Morgan fingerprint density at radius 2 is 2.12 bits per heavy atom. The largest absolute Gasteiger partial charge is 0.376 e. The third-order valence-corrected chi connectivity index (χ3v) is 4.50. The van der Waals surface area contributed by atoms with Crippen LogP contribution in [0.2, 0.25) is 0 Å². The molecule has 1 fully saturated rings. The van der Waals surface area contributed by atoms with E-state index in [4.69, 9.17) is 4.74 Å². The van der Waals surface area contributed by atoms with Crippen LogP contribution in [0.4, 0.5) is 0 Å². The summed E-state index contributed by atoms with van der Waals surface area (Å²) in [6, 6.07) is 10.4. The molecule has 1 saturated heterocycles. The van der Waals surface area contributed by atoms with Gasteiger partial charge in [-0.3, -0.25) is 4.99 Å². The maximum absolute atomic E-state index is 5.90. The molecule has 2 rings (SSSR count). The smallest absolute Gasteiger partial charge is 0.193 e. The van der Waals surface area contributed by atoms with Crippen molar-refractivity contribution in [3.63, 3.8) is 0 Å². The van der Waals surface area contributed by atoms with E-state index in [9.17, 15) is 0 Å². The van der Waals surface area contributed by atoms with Crippen LogP contribution in [0.25, 0.3) is 0 Å². The monoisotopic (exact) mass is 331 g/mol. The van der Waals surface area contributed by atoms with Gasteiger partial charge in [-0.05, 0) is 30.7 Å². The zero-order valence-corrected chi connectivity index (χ0v) is 15.5. The minimum Gasteiger partial charge on any atom is -0.376 e. The fourth-order valence-electron chi connectivity index (χ4n) is 3.12. The van der Waals surface area contributed by atoms with Crippen LogP contribution in [0, 0.1) is 11.8 Å². The van der Waals surface area contributed by atoms with Crippen molar-refractivity contribution in [3.8, 4) is 0 Å². The number of hydrogen-bond donors (Lipinski definition) is 1. The highest BCUT2D eigenvalue weighted by Crippen LogP contribution is 2.17. The van der Waals surface area contributed by atoms with Gasteiger partial charge in [0.25, 0.3) is 0 Å². The molecule has 0 amide bonds. The average molecular weight is 332 g/mol. The molecule has 1 N–H and O–H groups in total. The topological polar surface area (TPSA) is 36.9 Å². The maximum atomic E-state index is 5.90. The quantitative estimate of drug-likeness (QED) is 0.450. The van der Waals surface area contributed by atoms with Crippen molar-refractivity contribution in [1.82, 2.24) is 10.2 Å². The van der Waals surface area contributed by atoms with Gasteiger partial charge >= 0.3 is 0 Å². The lowest BCUT2D eigenvalue weighted by Crippen LogP contribution is -2.40. The van der Waals surface area contributed by atoms with Gasteiger partial charge in [0.2, 0.25) is 0 Å². The number of rotatable bonds is 8. The molecular weight excluding hydrogens is 298 g/mol. The molecule has 4 nitrogen and oxygen atoms in total. The van der Waals surface area contributed by atoms with E-state index < -0.39 is 0 Å². The third kappa shape index (κ3) is 6.52. The normalized spacial score (nSPS) is 18.4. The Morgan fingerprint density at radius 3 is 2.83 bits per heavy atom. The summed E-state index contributed by atoms with van der Waals surface area (Å²) >= 11 is 0. The second kappa shape index (κ2) is 10.3. The first-order chi connectivity index (χ1) is 11.7. The molecular formula is C20H33N3O. The van der Waals surface area contributed by atoms with E-state index in [0.717, 1.165) is 38.1 Å². The molecule has 134 valence electrons. The highest BCUT2D eigenvalue weighted by atomic mass is 16.5. The predicted molar refractivity (Wildman–Crippen MR) is 101 cm³/mol. The van der Waals surface area contributed by atoms with Crippen molar-refractivity contribution in [2.75, 3.05) is 33.3 Å². The third-order valence-electron chi connectivity index (χ3n) is 4.50. The number of aliphatic imine (C=N–C) groups is 1. The molecule has 0 saturated carbocycles. The minimum absolute atomic E-state index is 0.600. The first-order valence-corrected chi connectivity index (χ1v) is 9.26. The molecule has 1 aromatic rings. The summed E-state index contributed by atoms with van der Waals surface area (Å²) in [5.74, 6) is 2.42. The Balaban J connectivity index is 1.65. The summed E-state index contributed by atoms with van der Waals surface area (Å²) in [6.45, 7) is 9.21. The van der Waals surface area contributed by atoms with Crippen LogP contribution in [0.3, 0.4) is 0 Å². The fraction of sp³-hybridized carbons (Fsp3) is 0.650. The van der Waals surface area contributed by atoms with E-state index in [1.807, 2.05) is 13.1 Å². The van der Waals surface area contributed by atoms with E-state index in [1.54, 1.807) is 0 Å². The molecule has 1 aromatic carbocycles. The molecule has 0 aromatic heterocycles. The number of nitrogens with one attached hydrogen (secondary N) is 1. The van der Waals surface area contributed by atoms with E-state index in [2.05, 4.69) is 53.3 Å². The van der Waals surface area contributed by atoms with Crippen LogP contribution < -0.4 is 5.32 Å². The van der Waals surface area contributed by atoms with Crippen molar-refractivity contribution < 1.29 is 4.74 Å². The molecule has 1 aliphatic heterocycles. The highest BCUT2D eigenvalue weighted by molar-refractivity contribution is 5.80. The lowest BCUT2D eigenvalue weighted by molar-refractivity contribution is 0.0907. The first-order valence-electron chi connectivity index (χ1n) is 9.26. The van der Waals surface area contributed by atoms with E-state index in [0.29, 0.717) is 12.5 Å². The summed E-state index contributed by atoms with van der Waals surface area (Å²) in [6.07, 6.45) is 3.65. The van der Waals surface area contributed by atoms with Crippen LogP contribution >= 0.6 is 0 Å². The van der Waals surface area contributed by atoms with Crippen molar-refractivity contribution in [3.05, 3.63) is 35.9 Å². The number of guanidine groups is 1. The molecule has 24 heavy (non-hydrogen) atoms. The van der Waals surface area contributed by atoms with E-state index in [-0.39, 0.29) is 0 Å². The molecule has 1 heterocycles. The Bertz CT molecular complexity index is 487. The Morgan fingerprint density at radius 1 is 1.33 bits per heavy atom. The second-order valence-corrected chi connectivity index (χ2v) is 7.11. The lowest BCUT2D eigenvalue weighted by atomic mass is 10.1. The molecule has 4 heteroatoms. The van der Waals surface area contributed by atoms with Crippen LogP contribution in [0.15, 0.2) is 35.3 Å². The van der Waals surface area contributed by atoms with Crippen molar-refractivity contribution in [1.29, 1.82) is 0 Å². The predicted octanol–water partition coefficient (Wildman–Crippen LogP) is 3.54. The van der Waals surface area contributed by atoms with Crippen LogP contribution in [-0.2, 0) is 11.3 Å². The van der Waals surface area contributed by atoms with Gasteiger partial charge in [0.05, 0.1) is 13.2 Å². The van der Waals surface area contributed by atoms with Crippen LogP contribution in [0.5, 0.6) is 0 Å². The van der Waals surface area contributed by atoms with Gasteiger partial charge < -0.3 is 15.0 Å². The molecule has 1 atom stereocenters. The van der Waals surface area contributed by atoms with Gasteiger partial charge in [0.15, 0.2) is 5.96 Å². The molecule has 1 aliphatic rings. The number of hydrogen-bond acceptors (Lipinski definition) is 2. The zero-order valence-electron chi connectivity index (χ0n) is 15.5. The highest BCUT2D eigenvalue weighted by Gasteiger charge is 2.24. The minimum atomic E-state index is 0.600. The van der Waals surface area contributed by atoms with Crippen LogP contribution in [-0.4, -0.2) is 44.1 Å². The maximum Gasteiger partial charge on any atom is 0.193 e. The molecule has 0 radical (unpaired) electrons. The van der Waals surface area contributed by atoms with Crippen LogP contribution in [0.1, 0.15) is 38.7 Å². The summed E-state index contributed by atoms with van der Waals surface area (Å²) in [5, 5.41) is 3.50. The number of likely N-dealkylation sites (tertiary alicyclic amines) is 1. The second-order valence-electron chi connectivity index (χ2n) is 7.11. The number of benzene rings is 1. The van der Waals surface area contributed by atoms with Gasteiger partial charge in [0, 0.05) is 32.6 Å². The Kier molecular flexibility index (Phi) is 8.10. The average Bonchev–Trinajstić information content (AvgIpc) is 3.04. The lowest BCUT2D eigenvalue weighted by Gasteiger charge is -2.22. The van der Waals surface area contributed by atoms with Crippen molar-refractivity contribution in [2.24, 2.45) is 16.8 Å². The van der Waals surface area contributed by atoms with Gasteiger partial charge in [0.1, 0.15) is 0 Å². The number of nitrogens with zero attached hydrogens (tertiary/aromatic N) is 2. The standard InChI is InChI=1S/C20H33N3O/c1-17(2)8-7-12-22-20(21-3)23-13-11-19(14-23)16-24-15-18-9-5-4-6-10-18/h4-6,9-10,17,19H,7-8,11-16H2,1-3H3,(H,21,22). The van der Waals surface area contributed by atoms with Crippen molar-refractivity contribution in [2.45, 2.75) is 39.7 Å². The molecule has 0 aliphatic carbocycles. The summed E-state index contributed by atoms with van der Waals surface area (Å²) in [5.41, 5.74) is 1.25. The summed E-state index contributed by atoms with van der Waals surface area (Å²) in [4.78, 5) is 6.81. The van der Waals surface area contributed by atoms with Gasteiger partial charge in [-0.2, -0.15) is 0 Å². The molecule has 0 spiro atoms. The SMILES string of the molecule is CN=C(NCCCC(C)C)N1CCC(COCc2ccccc2)C1. The fourth-order valence-corrected chi connectivity index (χ4v) is 3.12. The Labute approximate surface area is 147 Å². The van der Waals surface area contributed by atoms with E-state index in [1.165, 1.54) is 24.8 Å². The van der Waals surface area contributed by atoms with Gasteiger partial charge in [-0.25, -0.2) is 0 Å². The van der Waals surface area contributed by atoms with Gasteiger partial charge in [-0.15, -0.1) is 0 Å². The number of ether oxygens (including phenoxy) is 1. The Hall–Kier alpha value is -1.55. The van der Waals surface area contributed by atoms with E-state index >= 15 is 0 Å². The van der Waals surface area contributed by atoms with Crippen molar-refractivity contribution >= 4 is 5.96 Å². The van der Waals surface area contributed by atoms with Gasteiger partial charge in [-0.1, -0.05) is 44.2 Å². The first kappa shape index (κ1) is 18.8. The summed E-state index contributed by atoms with van der Waals surface area (Å²) in [7, 11) is 1.88. The molecule has 0 bridgehead atoms. The molecule has 1 unspecified atom stereocenters. The zero-order chi connectivity index (χ0) is 17.2. The summed E-state index contributed by atoms with van der Waals surface area (Å²) < 4.78 is 5.90.